The number of non-ortho nitro benzene ring substituents is 1. The van der Waals surface area contributed by atoms with Gasteiger partial charge in [0.25, 0.3) is 17.5 Å². The van der Waals surface area contributed by atoms with E-state index in [0.717, 1.165) is 5.56 Å². The van der Waals surface area contributed by atoms with Crippen LogP contribution in [0.5, 0.6) is 5.75 Å². The summed E-state index contributed by atoms with van der Waals surface area (Å²) in [5.41, 5.74) is 1.72. The molecule has 0 saturated carbocycles. The van der Waals surface area contributed by atoms with Crippen LogP contribution in [0, 0.1) is 17.0 Å². The Labute approximate surface area is 195 Å². The summed E-state index contributed by atoms with van der Waals surface area (Å²) in [6.07, 6.45) is 1.35. The quantitative estimate of drug-likeness (QED) is 0.290. The van der Waals surface area contributed by atoms with Crippen LogP contribution < -0.4 is 15.4 Å². The molecule has 0 aromatic heterocycles. The highest BCUT2D eigenvalue weighted by molar-refractivity contribution is 6.34. The molecule has 0 heterocycles. The van der Waals surface area contributed by atoms with Crippen LogP contribution in [0.25, 0.3) is 6.08 Å². The summed E-state index contributed by atoms with van der Waals surface area (Å²) >= 11 is 6.16. The van der Waals surface area contributed by atoms with Crippen molar-refractivity contribution in [2.75, 3.05) is 12.4 Å². The molecule has 0 unspecified atom stereocenters. The lowest BCUT2D eigenvalue weighted by atomic mass is 10.1. The molecule has 0 bridgehead atoms. The van der Waals surface area contributed by atoms with Crippen molar-refractivity contribution in [1.29, 1.82) is 0 Å². The van der Waals surface area contributed by atoms with Gasteiger partial charge in [-0.25, -0.2) is 0 Å². The van der Waals surface area contributed by atoms with Gasteiger partial charge in [-0.3, -0.25) is 19.7 Å². The molecule has 0 saturated heterocycles. The monoisotopic (exact) mass is 465 g/mol. The number of ether oxygens (including phenoxy) is 1. The summed E-state index contributed by atoms with van der Waals surface area (Å²) in [7, 11) is 1.45. The zero-order chi connectivity index (χ0) is 24.0. The molecule has 3 aromatic rings. The van der Waals surface area contributed by atoms with E-state index in [4.69, 9.17) is 16.3 Å². The Morgan fingerprint density at radius 2 is 1.79 bits per heavy atom. The molecule has 0 fully saturated rings. The average molecular weight is 466 g/mol. The van der Waals surface area contributed by atoms with E-state index >= 15 is 0 Å². The third-order valence-corrected chi connectivity index (χ3v) is 4.94. The van der Waals surface area contributed by atoms with E-state index in [1.54, 1.807) is 24.3 Å². The number of hydrogen-bond donors (Lipinski definition) is 2. The van der Waals surface area contributed by atoms with E-state index < -0.39 is 16.7 Å². The standard InChI is InChI=1S/C24H20ClN3O5/c1-15-6-8-17(9-7-15)26-24(30)22(13-16-4-3-5-18(12-16)28(31)32)27-23(29)20-14-19(33-2)10-11-21(20)25/h3-14H,1-2H3,(H,26,30)(H,27,29)/b22-13+. The van der Waals surface area contributed by atoms with Gasteiger partial charge in [-0.1, -0.05) is 41.4 Å². The zero-order valence-electron chi connectivity index (χ0n) is 17.8. The predicted octanol–water partition coefficient (Wildman–Crippen LogP) is 4.97. The van der Waals surface area contributed by atoms with Crippen LogP contribution in [0.1, 0.15) is 21.5 Å². The third kappa shape index (κ3) is 6.18. The van der Waals surface area contributed by atoms with E-state index in [1.165, 1.54) is 43.5 Å². The molecule has 0 aliphatic heterocycles. The second-order valence-corrected chi connectivity index (χ2v) is 7.44. The molecular formula is C24H20ClN3O5. The number of hydrogen-bond acceptors (Lipinski definition) is 5. The third-order valence-electron chi connectivity index (χ3n) is 4.61. The normalized spacial score (nSPS) is 10.9. The molecule has 2 N–H and O–H groups in total. The van der Waals surface area contributed by atoms with Gasteiger partial charge in [-0.15, -0.1) is 0 Å². The van der Waals surface area contributed by atoms with Gasteiger partial charge in [0.1, 0.15) is 11.4 Å². The first kappa shape index (κ1) is 23.5. The lowest BCUT2D eigenvalue weighted by molar-refractivity contribution is -0.384. The molecule has 0 atom stereocenters. The number of aryl methyl sites for hydroxylation is 1. The second-order valence-electron chi connectivity index (χ2n) is 7.03. The van der Waals surface area contributed by atoms with Crippen molar-refractivity contribution >= 4 is 40.9 Å². The fourth-order valence-corrected chi connectivity index (χ4v) is 3.09. The summed E-state index contributed by atoms with van der Waals surface area (Å²) in [5, 5.41) is 16.5. The number of methoxy groups -OCH3 is 1. The molecule has 0 radical (unpaired) electrons. The summed E-state index contributed by atoms with van der Waals surface area (Å²) < 4.78 is 5.14. The number of nitro benzene ring substituents is 1. The first-order chi connectivity index (χ1) is 15.8. The zero-order valence-corrected chi connectivity index (χ0v) is 18.6. The lowest BCUT2D eigenvalue weighted by Gasteiger charge is -2.13. The van der Waals surface area contributed by atoms with E-state index in [9.17, 15) is 19.7 Å². The number of carbonyl (C=O) groups excluding carboxylic acids is 2. The number of nitrogens with zero attached hydrogens (tertiary/aromatic N) is 1. The van der Waals surface area contributed by atoms with Crippen molar-refractivity contribution in [3.63, 3.8) is 0 Å². The van der Waals surface area contributed by atoms with Crippen LogP contribution >= 0.6 is 11.6 Å². The largest absolute Gasteiger partial charge is 0.497 e. The number of anilines is 1. The highest BCUT2D eigenvalue weighted by Gasteiger charge is 2.18. The maximum atomic E-state index is 13.0. The SMILES string of the molecule is COc1ccc(Cl)c(C(=O)N/C(=C/c2cccc([N+](=O)[O-])c2)C(=O)Nc2ccc(C)cc2)c1. The van der Waals surface area contributed by atoms with Crippen molar-refractivity contribution in [2.24, 2.45) is 0 Å². The smallest absolute Gasteiger partial charge is 0.272 e. The van der Waals surface area contributed by atoms with E-state index in [1.807, 2.05) is 19.1 Å². The fourth-order valence-electron chi connectivity index (χ4n) is 2.88. The molecule has 0 aliphatic carbocycles. The summed E-state index contributed by atoms with van der Waals surface area (Å²) in [4.78, 5) is 36.5. The second kappa shape index (κ2) is 10.4. The minimum atomic E-state index is -0.644. The summed E-state index contributed by atoms with van der Waals surface area (Å²) in [6.45, 7) is 1.91. The van der Waals surface area contributed by atoms with Crippen LogP contribution in [0.3, 0.4) is 0 Å². The number of nitro groups is 1. The summed E-state index contributed by atoms with van der Waals surface area (Å²) in [6, 6.07) is 17.3. The summed E-state index contributed by atoms with van der Waals surface area (Å²) in [5.74, 6) is -0.842. The van der Waals surface area contributed by atoms with Gasteiger partial charge in [0.2, 0.25) is 0 Å². The maximum Gasteiger partial charge on any atom is 0.272 e. The van der Waals surface area contributed by atoms with Gasteiger partial charge in [-0.05, 0) is 48.9 Å². The van der Waals surface area contributed by atoms with Crippen LogP contribution in [-0.2, 0) is 4.79 Å². The number of amides is 2. The maximum absolute atomic E-state index is 13.0. The van der Waals surface area contributed by atoms with Gasteiger partial charge in [0.15, 0.2) is 0 Å². The van der Waals surface area contributed by atoms with Gasteiger partial charge in [-0.2, -0.15) is 0 Å². The molecule has 8 nitrogen and oxygen atoms in total. The van der Waals surface area contributed by atoms with Crippen molar-refractivity contribution in [3.8, 4) is 5.75 Å². The molecule has 168 valence electrons. The van der Waals surface area contributed by atoms with Crippen LogP contribution in [0.2, 0.25) is 5.02 Å². The van der Waals surface area contributed by atoms with Crippen LogP contribution in [-0.4, -0.2) is 23.8 Å². The van der Waals surface area contributed by atoms with E-state index in [2.05, 4.69) is 10.6 Å². The Morgan fingerprint density at radius 3 is 2.45 bits per heavy atom. The minimum absolute atomic E-state index is 0.101. The van der Waals surface area contributed by atoms with Crippen molar-refractivity contribution in [2.45, 2.75) is 6.92 Å². The van der Waals surface area contributed by atoms with Gasteiger partial charge in [0, 0.05) is 17.8 Å². The number of nitrogens with one attached hydrogen (secondary N) is 2. The van der Waals surface area contributed by atoms with Gasteiger partial charge < -0.3 is 15.4 Å². The molecule has 3 aromatic carbocycles. The first-order valence-corrected chi connectivity index (χ1v) is 10.1. The van der Waals surface area contributed by atoms with Gasteiger partial charge in [0.05, 0.1) is 22.6 Å². The minimum Gasteiger partial charge on any atom is -0.497 e. The van der Waals surface area contributed by atoms with Gasteiger partial charge >= 0.3 is 0 Å². The molecule has 0 aliphatic rings. The van der Waals surface area contributed by atoms with Crippen LogP contribution in [0.4, 0.5) is 11.4 Å². The van der Waals surface area contributed by atoms with E-state index in [-0.39, 0.29) is 22.0 Å². The molecular weight excluding hydrogens is 446 g/mol. The average Bonchev–Trinajstić information content (AvgIpc) is 2.80. The van der Waals surface area contributed by atoms with Crippen molar-refractivity contribution < 1.29 is 19.2 Å². The van der Waals surface area contributed by atoms with Crippen LogP contribution in [0.15, 0.2) is 72.4 Å². The number of benzene rings is 3. The fraction of sp³-hybridized carbons (Fsp3) is 0.0833. The van der Waals surface area contributed by atoms with Crippen molar-refractivity contribution in [1.82, 2.24) is 5.32 Å². The number of rotatable bonds is 7. The Hall–Kier alpha value is -4.17. The first-order valence-electron chi connectivity index (χ1n) is 9.76. The Morgan fingerprint density at radius 1 is 1.06 bits per heavy atom. The topological polar surface area (TPSA) is 111 Å². The molecule has 33 heavy (non-hydrogen) atoms. The molecule has 0 spiro atoms. The number of carbonyl (C=O) groups is 2. The predicted molar refractivity (Wildman–Crippen MR) is 126 cm³/mol. The highest BCUT2D eigenvalue weighted by atomic mass is 35.5. The van der Waals surface area contributed by atoms with E-state index in [0.29, 0.717) is 17.0 Å². The van der Waals surface area contributed by atoms with Crippen molar-refractivity contribution in [3.05, 3.63) is 104 Å². The molecule has 3 rings (SSSR count). The Kier molecular flexibility index (Phi) is 7.42. The lowest BCUT2D eigenvalue weighted by Crippen LogP contribution is -2.31. The Balaban J connectivity index is 1.96. The molecule has 9 heteroatoms. The Bertz CT molecular complexity index is 1240. The highest BCUT2D eigenvalue weighted by Crippen LogP contribution is 2.23. The molecule has 2 amide bonds. The number of halogens is 1.